The van der Waals surface area contributed by atoms with Crippen LogP contribution in [0.4, 0.5) is 5.69 Å². The van der Waals surface area contributed by atoms with Gasteiger partial charge in [-0.05, 0) is 44.4 Å². The molecule has 2 N–H and O–H groups in total. The molecule has 0 amide bonds. The number of nitro groups is 1. The minimum absolute atomic E-state index is 0.0642. The van der Waals surface area contributed by atoms with Crippen LogP contribution in [0.5, 0.6) is 0 Å². The fraction of sp³-hybridized carbons (Fsp3) is 0.474. The predicted molar refractivity (Wildman–Crippen MR) is 108 cm³/mol. The molecule has 0 radical (unpaired) electrons. The summed E-state index contributed by atoms with van der Waals surface area (Å²) < 4.78 is 28.5. The molecular weight excluding hydrogens is 400 g/mol. The third-order valence-electron chi connectivity index (χ3n) is 5.39. The van der Waals surface area contributed by atoms with Crippen LogP contribution in [0.3, 0.4) is 0 Å². The molecule has 1 aromatic heterocycles. The molecule has 1 heterocycles. The van der Waals surface area contributed by atoms with E-state index < -0.39 is 21.1 Å². The maximum absolute atomic E-state index is 12.9. The Labute approximate surface area is 168 Å². The maximum Gasteiger partial charge on any atom is 0.270 e. The second kappa shape index (κ2) is 7.90. The molecule has 1 fully saturated rings. The average Bonchev–Trinajstić information content (AvgIpc) is 3.30. The maximum atomic E-state index is 12.9. The number of rotatable bonds is 7. The summed E-state index contributed by atoms with van der Waals surface area (Å²) in [4.78, 5) is 12.3. The summed E-state index contributed by atoms with van der Waals surface area (Å²) in [6.45, 7) is 3.57. The fourth-order valence-electron chi connectivity index (χ4n) is 3.73. The van der Waals surface area contributed by atoms with E-state index in [2.05, 4.69) is 4.72 Å². The van der Waals surface area contributed by atoms with E-state index in [0.717, 1.165) is 41.5 Å². The van der Waals surface area contributed by atoms with Crippen molar-refractivity contribution in [2.45, 2.75) is 55.9 Å². The van der Waals surface area contributed by atoms with Gasteiger partial charge in [-0.3, -0.25) is 10.1 Å². The number of benzene rings is 1. The summed E-state index contributed by atoms with van der Waals surface area (Å²) in [5.41, 5.74) is -0.0908. The predicted octanol–water partition coefficient (Wildman–Crippen LogP) is 3.81. The summed E-state index contributed by atoms with van der Waals surface area (Å²) in [5, 5.41) is 20.8. The first-order valence-corrected chi connectivity index (χ1v) is 11.5. The van der Waals surface area contributed by atoms with E-state index >= 15 is 0 Å². The summed E-state index contributed by atoms with van der Waals surface area (Å²) in [5.74, 6) is 0. The van der Waals surface area contributed by atoms with Crippen molar-refractivity contribution in [3.05, 3.63) is 55.8 Å². The second-order valence-electron chi connectivity index (χ2n) is 7.40. The molecule has 0 bridgehead atoms. The van der Waals surface area contributed by atoms with E-state index in [1.165, 1.54) is 23.5 Å². The number of non-ortho nitro benzene ring substituents is 1. The zero-order valence-corrected chi connectivity index (χ0v) is 17.5. The van der Waals surface area contributed by atoms with E-state index in [1.54, 1.807) is 13.8 Å². The second-order valence-corrected chi connectivity index (χ2v) is 10.2. The van der Waals surface area contributed by atoms with Crippen LogP contribution >= 0.6 is 11.3 Å². The Balaban J connectivity index is 1.87. The fourth-order valence-corrected chi connectivity index (χ4v) is 6.31. The van der Waals surface area contributed by atoms with Gasteiger partial charge in [0.05, 0.1) is 15.9 Å². The van der Waals surface area contributed by atoms with Gasteiger partial charge in [0.25, 0.3) is 5.69 Å². The van der Waals surface area contributed by atoms with Crippen molar-refractivity contribution >= 4 is 27.0 Å². The first kappa shape index (κ1) is 20.9. The number of aliphatic hydroxyl groups is 1. The van der Waals surface area contributed by atoms with Gasteiger partial charge < -0.3 is 5.11 Å². The van der Waals surface area contributed by atoms with Crippen LogP contribution in [0, 0.1) is 17.0 Å². The molecule has 2 aromatic rings. The number of sulfonamides is 1. The van der Waals surface area contributed by atoms with Gasteiger partial charge in [0.1, 0.15) is 0 Å². The lowest BCUT2D eigenvalue weighted by Gasteiger charge is -2.28. The Morgan fingerprint density at radius 2 is 1.96 bits per heavy atom. The summed E-state index contributed by atoms with van der Waals surface area (Å²) in [6, 6.07) is 7.73. The Bertz CT molecular complexity index is 976. The molecular formula is C19H24N2O5S2. The third-order valence-corrected chi connectivity index (χ3v) is 8.44. The van der Waals surface area contributed by atoms with Gasteiger partial charge in [-0.15, -0.1) is 11.3 Å². The molecule has 28 heavy (non-hydrogen) atoms. The topological polar surface area (TPSA) is 110 Å². The quantitative estimate of drug-likeness (QED) is 0.519. The highest BCUT2D eigenvalue weighted by Crippen LogP contribution is 2.44. The molecule has 1 aromatic carbocycles. The number of nitro benzene ring substituents is 1. The zero-order chi connectivity index (χ0) is 20.5. The van der Waals surface area contributed by atoms with Crippen LogP contribution in [0.2, 0.25) is 0 Å². The van der Waals surface area contributed by atoms with Gasteiger partial charge in [-0.25, -0.2) is 13.1 Å². The number of aliphatic hydroxyl groups excluding tert-OH is 1. The highest BCUT2D eigenvalue weighted by atomic mass is 32.2. The standard InChI is InChI=1S/C19H24N2O5S2/c1-13-5-6-15(21(23)24)11-17(13)28(25,26)20-12-19(9-3-4-10-19)18-8-7-16(27-18)14(2)22/h5-8,11,14,20,22H,3-4,9-10,12H2,1-2H3. The van der Waals surface area contributed by atoms with Crippen LogP contribution < -0.4 is 4.72 Å². The monoisotopic (exact) mass is 424 g/mol. The Morgan fingerprint density at radius 3 is 2.54 bits per heavy atom. The number of nitrogens with one attached hydrogen (secondary N) is 1. The van der Waals surface area contributed by atoms with Gasteiger partial charge in [-0.1, -0.05) is 18.9 Å². The molecule has 152 valence electrons. The first-order chi connectivity index (χ1) is 13.1. The van der Waals surface area contributed by atoms with Gasteiger partial charge in [-0.2, -0.15) is 0 Å². The average molecular weight is 425 g/mol. The zero-order valence-electron chi connectivity index (χ0n) is 15.8. The van der Waals surface area contributed by atoms with Crippen molar-refractivity contribution in [1.82, 2.24) is 4.72 Å². The lowest BCUT2D eigenvalue weighted by atomic mass is 9.85. The summed E-state index contributed by atoms with van der Waals surface area (Å²) >= 11 is 1.52. The SMILES string of the molecule is Cc1ccc([N+](=O)[O-])cc1S(=O)(=O)NCC1(c2ccc(C(C)O)s2)CCCC1. The molecule has 9 heteroatoms. The van der Waals surface area contributed by atoms with E-state index in [0.29, 0.717) is 5.56 Å². The van der Waals surface area contributed by atoms with Crippen molar-refractivity contribution in [2.24, 2.45) is 0 Å². The first-order valence-electron chi connectivity index (χ1n) is 9.18. The van der Waals surface area contributed by atoms with Crippen LogP contribution in [-0.4, -0.2) is 25.0 Å². The molecule has 0 spiro atoms. The summed E-state index contributed by atoms with van der Waals surface area (Å²) in [7, 11) is -3.89. The van der Waals surface area contributed by atoms with E-state index in [1.807, 2.05) is 12.1 Å². The highest BCUT2D eigenvalue weighted by Gasteiger charge is 2.38. The lowest BCUT2D eigenvalue weighted by molar-refractivity contribution is -0.385. The Hall–Kier alpha value is -1.81. The molecule has 1 unspecified atom stereocenters. The molecule has 3 rings (SSSR count). The molecule has 7 nitrogen and oxygen atoms in total. The molecule has 0 aliphatic heterocycles. The van der Waals surface area contributed by atoms with Crippen molar-refractivity contribution < 1.29 is 18.4 Å². The molecule has 1 saturated carbocycles. The minimum Gasteiger partial charge on any atom is -0.388 e. The van der Waals surface area contributed by atoms with Gasteiger partial charge in [0.15, 0.2) is 0 Å². The van der Waals surface area contributed by atoms with E-state index in [4.69, 9.17) is 0 Å². The van der Waals surface area contributed by atoms with Crippen molar-refractivity contribution in [3.63, 3.8) is 0 Å². The van der Waals surface area contributed by atoms with Crippen molar-refractivity contribution in [2.75, 3.05) is 6.54 Å². The van der Waals surface area contributed by atoms with Gasteiger partial charge in [0.2, 0.25) is 10.0 Å². The van der Waals surface area contributed by atoms with Gasteiger partial charge in [0, 0.05) is 33.8 Å². The normalized spacial score (nSPS) is 17.5. The Morgan fingerprint density at radius 1 is 1.29 bits per heavy atom. The molecule has 1 aliphatic carbocycles. The lowest BCUT2D eigenvalue weighted by Crippen LogP contribution is -2.38. The highest BCUT2D eigenvalue weighted by molar-refractivity contribution is 7.89. The number of nitrogens with zero attached hydrogens (tertiary/aromatic N) is 1. The molecule has 1 aliphatic rings. The van der Waals surface area contributed by atoms with Crippen LogP contribution in [0.1, 0.15) is 54.0 Å². The number of aryl methyl sites for hydroxylation is 1. The van der Waals surface area contributed by atoms with E-state index in [9.17, 15) is 23.6 Å². The number of hydrogen-bond acceptors (Lipinski definition) is 6. The Kier molecular flexibility index (Phi) is 5.90. The minimum atomic E-state index is -3.89. The van der Waals surface area contributed by atoms with Crippen LogP contribution in [0.15, 0.2) is 35.2 Å². The largest absolute Gasteiger partial charge is 0.388 e. The van der Waals surface area contributed by atoms with Crippen molar-refractivity contribution in [1.29, 1.82) is 0 Å². The smallest absolute Gasteiger partial charge is 0.270 e. The van der Waals surface area contributed by atoms with Crippen LogP contribution in [0.25, 0.3) is 0 Å². The summed E-state index contributed by atoms with van der Waals surface area (Å²) in [6.07, 6.45) is 3.20. The van der Waals surface area contributed by atoms with Crippen molar-refractivity contribution in [3.8, 4) is 0 Å². The molecule has 1 atom stereocenters. The van der Waals surface area contributed by atoms with E-state index in [-0.39, 0.29) is 22.5 Å². The number of thiophene rings is 1. The molecule has 0 saturated heterocycles. The third kappa shape index (κ3) is 4.12. The van der Waals surface area contributed by atoms with Gasteiger partial charge >= 0.3 is 0 Å². The van der Waals surface area contributed by atoms with Crippen LogP contribution in [-0.2, 0) is 15.4 Å². The number of hydrogen-bond donors (Lipinski definition) is 2.